The Labute approximate surface area is 213 Å². The summed E-state index contributed by atoms with van der Waals surface area (Å²) in [7, 11) is 3.22. The highest BCUT2D eigenvalue weighted by atomic mass is 19.1. The van der Waals surface area contributed by atoms with E-state index in [1.807, 2.05) is 4.57 Å². The normalized spacial score (nSPS) is 18.5. The van der Waals surface area contributed by atoms with Crippen LogP contribution in [0.2, 0.25) is 0 Å². The molecule has 3 N–H and O–H groups in total. The Morgan fingerprint density at radius 2 is 2.19 bits per heavy atom. The highest BCUT2D eigenvalue weighted by molar-refractivity contribution is 6.00. The van der Waals surface area contributed by atoms with E-state index in [1.54, 1.807) is 29.8 Å². The second-order valence-electron chi connectivity index (χ2n) is 9.18. The fraction of sp³-hybridized carbons (Fsp3) is 0.385. The van der Waals surface area contributed by atoms with Crippen molar-refractivity contribution in [1.29, 1.82) is 0 Å². The summed E-state index contributed by atoms with van der Waals surface area (Å²) in [4.78, 5) is 31.1. The Morgan fingerprint density at radius 1 is 1.38 bits per heavy atom. The van der Waals surface area contributed by atoms with Crippen molar-refractivity contribution in [3.63, 3.8) is 0 Å². The monoisotopic (exact) mass is 505 g/mol. The van der Waals surface area contributed by atoms with Crippen LogP contribution in [0.4, 0.5) is 10.2 Å². The number of nitrogens with two attached hydrogens (primary N) is 1. The topological polar surface area (TPSA) is 120 Å². The van der Waals surface area contributed by atoms with Crippen LogP contribution in [0.3, 0.4) is 0 Å². The zero-order chi connectivity index (χ0) is 26.3. The molecule has 2 aliphatic heterocycles. The molecule has 10 nitrogen and oxygen atoms in total. The Kier molecular flexibility index (Phi) is 6.43. The van der Waals surface area contributed by atoms with Crippen molar-refractivity contribution in [1.82, 2.24) is 24.2 Å². The van der Waals surface area contributed by atoms with Gasteiger partial charge in [-0.05, 0) is 30.9 Å². The van der Waals surface area contributed by atoms with Crippen LogP contribution in [0.25, 0.3) is 11.0 Å². The average Bonchev–Trinajstić information content (AvgIpc) is 3.64. The molecule has 0 saturated carbocycles. The van der Waals surface area contributed by atoms with Gasteiger partial charge in [0.15, 0.2) is 5.69 Å². The van der Waals surface area contributed by atoms with Crippen molar-refractivity contribution >= 4 is 28.7 Å². The van der Waals surface area contributed by atoms with Gasteiger partial charge in [-0.2, -0.15) is 5.10 Å². The van der Waals surface area contributed by atoms with Crippen molar-refractivity contribution in [2.75, 3.05) is 32.6 Å². The third-order valence-electron chi connectivity index (χ3n) is 6.96. The lowest BCUT2D eigenvalue weighted by Crippen LogP contribution is -2.37. The second kappa shape index (κ2) is 9.71. The van der Waals surface area contributed by atoms with Crippen LogP contribution in [0.5, 0.6) is 0 Å². The first-order valence-electron chi connectivity index (χ1n) is 12.1. The standard InChI is InChI=1S/C26H28FN7O3/c1-4-23(35)33-13-16(11-17(33)14-37-3)34-26(29-2)24(25(28)36)19(31-34)8-7-15-10-20-21(12-18(15)27)32-9-5-6-22(32)30-20/h4,10,12,16-17,29H,1,5-6,9,11,13-14H2,2-3H3,(H2,28,36)/t16-,17+/m0/s1. The fourth-order valence-electron chi connectivity index (χ4n) is 5.32. The minimum Gasteiger partial charge on any atom is -0.383 e. The van der Waals surface area contributed by atoms with Crippen LogP contribution in [0.15, 0.2) is 24.8 Å². The lowest BCUT2D eigenvalue weighted by atomic mass is 10.1. The number of methoxy groups -OCH3 is 1. The van der Waals surface area contributed by atoms with Crippen molar-refractivity contribution in [2.24, 2.45) is 5.73 Å². The Bertz CT molecular complexity index is 1480. The van der Waals surface area contributed by atoms with E-state index in [0.717, 1.165) is 30.7 Å². The lowest BCUT2D eigenvalue weighted by Gasteiger charge is -2.22. The van der Waals surface area contributed by atoms with Gasteiger partial charge in [0.25, 0.3) is 5.91 Å². The molecule has 5 rings (SSSR count). The number of imidazole rings is 1. The van der Waals surface area contributed by atoms with E-state index >= 15 is 0 Å². The van der Waals surface area contributed by atoms with Gasteiger partial charge in [-0.3, -0.25) is 9.59 Å². The number of benzene rings is 1. The van der Waals surface area contributed by atoms with E-state index in [-0.39, 0.29) is 34.8 Å². The van der Waals surface area contributed by atoms with E-state index in [9.17, 15) is 14.0 Å². The van der Waals surface area contributed by atoms with Crippen LogP contribution < -0.4 is 11.1 Å². The molecule has 1 aromatic carbocycles. The number of rotatable bonds is 6. The number of fused-ring (bicyclic) bond motifs is 3. The van der Waals surface area contributed by atoms with Gasteiger partial charge >= 0.3 is 0 Å². The molecule has 2 aromatic heterocycles. The third-order valence-corrected chi connectivity index (χ3v) is 6.96. The largest absolute Gasteiger partial charge is 0.383 e. The number of anilines is 1. The summed E-state index contributed by atoms with van der Waals surface area (Å²) in [6.07, 6.45) is 3.68. The smallest absolute Gasteiger partial charge is 0.255 e. The number of ether oxygens (including phenoxy) is 1. The number of carbonyl (C=O) groups is 2. The van der Waals surface area contributed by atoms with Gasteiger partial charge in [0, 0.05) is 39.7 Å². The van der Waals surface area contributed by atoms with Gasteiger partial charge in [-0.1, -0.05) is 12.5 Å². The van der Waals surface area contributed by atoms with Gasteiger partial charge < -0.3 is 25.3 Å². The maximum absolute atomic E-state index is 15.0. The van der Waals surface area contributed by atoms with Crippen molar-refractivity contribution in [3.8, 4) is 11.8 Å². The Morgan fingerprint density at radius 3 is 2.89 bits per heavy atom. The maximum Gasteiger partial charge on any atom is 0.255 e. The van der Waals surface area contributed by atoms with E-state index in [0.29, 0.717) is 30.9 Å². The molecule has 1 fully saturated rings. The first-order valence-corrected chi connectivity index (χ1v) is 12.1. The van der Waals surface area contributed by atoms with Gasteiger partial charge in [0.2, 0.25) is 5.91 Å². The number of halogens is 1. The number of hydrogen-bond acceptors (Lipinski definition) is 6. The molecule has 1 saturated heterocycles. The van der Waals surface area contributed by atoms with Crippen molar-refractivity contribution < 1.29 is 18.7 Å². The quantitative estimate of drug-likeness (QED) is 0.390. The Hall–Kier alpha value is -4.17. The van der Waals surface area contributed by atoms with Crippen LogP contribution in [0.1, 0.15) is 46.3 Å². The Balaban J connectivity index is 1.53. The van der Waals surface area contributed by atoms with Crippen molar-refractivity contribution in [2.45, 2.75) is 37.9 Å². The summed E-state index contributed by atoms with van der Waals surface area (Å²) in [5, 5.41) is 7.57. The molecule has 0 bridgehead atoms. The third kappa shape index (κ3) is 4.23. The minimum absolute atomic E-state index is 0.106. The first kappa shape index (κ1) is 24.5. The summed E-state index contributed by atoms with van der Waals surface area (Å²) in [6.45, 7) is 5.10. The summed E-state index contributed by atoms with van der Waals surface area (Å²) in [5.41, 5.74) is 7.52. The van der Waals surface area contributed by atoms with E-state index < -0.39 is 11.7 Å². The molecule has 192 valence electrons. The van der Waals surface area contributed by atoms with E-state index in [1.165, 1.54) is 12.1 Å². The number of aromatic nitrogens is 4. The van der Waals surface area contributed by atoms with Crippen LogP contribution in [-0.2, 0) is 22.5 Å². The van der Waals surface area contributed by atoms with Gasteiger partial charge in [-0.25, -0.2) is 14.1 Å². The molecule has 11 heteroatoms. The molecular weight excluding hydrogens is 477 g/mol. The fourth-order valence-corrected chi connectivity index (χ4v) is 5.32. The number of carbonyl (C=O) groups excluding carboxylic acids is 2. The SMILES string of the molecule is C=CC(=O)N1C[C@@H](n2nc(C#Cc3cc4nc5n(c4cc3F)CCC5)c(C(N)=O)c2NC)C[C@@H]1COC. The zero-order valence-electron chi connectivity index (χ0n) is 20.8. The molecule has 3 aromatic rings. The minimum atomic E-state index is -0.716. The molecular formula is C26H28FN7O3. The summed E-state index contributed by atoms with van der Waals surface area (Å²) >= 11 is 0. The van der Waals surface area contributed by atoms with Crippen molar-refractivity contribution in [3.05, 3.63) is 53.3 Å². The lowest BCUT2D eigenvalue weighted by molar-refractivity contribution is -0.127. The van der Waals surface area contributed by atoms with Crippen LogP contribution >= 0.6 is 0 Å². The van der Waals surface area contributed by atoms with Gasteiger partial charge in [-0.15, -0.1) is 0 Å². The average molecular weight is 506 g/mol. The number of nitrogens with one attached hydrogen (secondary N) is 1. The molecule has 37 heavy (non-hydrogen) atoms. The van der Waals surface area contributed by atoms with Crippen LogP contribution in [-0.4, -0.2) is 69.4 Å². The van der Waals surface area contributed by atoms with Gasteiger partial charge in [0.05, 0.1) is 35.3 Å². The number of nitrogens with zero attached hydrogens (tertiary/aromatic N) is 5. The highest BCUT2D eigenvalue weighted by Crippen LogP contribution is 2.32. The summed E-state index contributed by atoms with van der Waals surface area (Å²) < 4.78 is 23.9. The summed E-state index contributed by atoms with van der Waals surface area (Å²) in [5.74, 6) is 5.59. The maximum atomic E-state index is 15.0. The highest BCUT2D eigenvalue weighted by Gasteiger charge is 2.37. The molecule has 2 amide bonds. The van der Waals surface area contributed by atoms with Gasteiger partial charge in [0.1, 0.15) is 23.0 Å². The predicted octanol–water partition coefficient (Wildman–Crippen LogP) is 1.83. The molecule has 2 aliphatic rings. The first-order chi connectivity index (χ1) is 17.9. The molecule has 0 unspecified atom stereocenters. The summed E-state index contributed by atoms with van der Waals surface area (Å²) in [6, 6.07) is 2.63. The second-order valence-corrected chi connectivity index (χ2v) is 9.18. The number of primary amides is 1. The molecule has 0 aliphatic carbocycles. The number of hydrogen-bond donors (Lipinski definition) is 2. The van der Waals surface area contributed by atoms with E-state index in [2.05, 4.69) is 33.8 Å². The molecule has 2 atom stereocenters. The molecule has 0 spiro atoms. The predicted molar refractivity (Wildman–Crippen MR) is 136 cm³/mol. The number of aryl methyl sites for hydroxylation is 2. The molecule has 4 heterocycles. The van der Waals surface area contributed by atoms with Crippen LogP contribution in [0, 0.1) is 17.7 Å². The zero-order valence-corrected chi connectivity index (χ0v) is 20.8. The number of amides is 2. The van der Waals surface area contributed by atoms with E-state index in [4.69, 9.17) is 10.5 Å². The number of likely N-dealkylation sites (tertiary alicyclic amines) is 1. The molecule has 0 radical (unpaired) electrons.